The first kappa shape index (κ1) is 14.0. The maximum Gasteiger partial charge on any atom is 0.151 e. The van der Waals surface area contributed by atoms with Crippen LogP contribution in [0.5, 0.6) is 0 Å². The molecule has 0 aliphatic carbocycles. The van der Waals surface area contributed by atoms with Crippen LogP contribution in [0.15, 0.2) is 5.38 Å². The Hall–Kier alpha value is -0.460. The molecule has 1 aromatic rings. The minimum atomic E-state index is -2.80. The van der Waals surface area contributed by atoms with E-state index in [0.29, 0.717) is 12.3 Å². The summed E-state index contributed by atoms with van der Waals surface area (Å²) in [5.74, 6) is 0.582. The molecule has 2 heterocycles. The van der Waals surface area contributed by atoms with E-state index >= 15 is 0 Å². The smallest absolute Gasteiger partial charge is 0.151 e. The van der Waals surface area contributed by atoms with Crippen LogP contribution in [0.4, 0.5) is 0 Å². The Bertz CT molecular complexity index is 514. The molecule has 1 saturated heterocycles. The number of nitrogens with one attached hydrogen (secondary N) is 1. The minimum absolute atomic E-state index is 0.0830. The lowest BCUT2D eigenvalue weighted by Crippen LogP contribution is -2.29. The van der Waals surface area contributed by atoms with E-state index in [1.165, 1.54) is 0 Å². The van der Waals surface area contributed by atoms with Gasteiger partial charge in [-0.15, -0.1) is 11.3 Å². The fourth-order valence-electron chi connectivity index (χ4n) is 1.94. The van der Waals surface area contributed by atoms with Crippen LogP contribution in [0.2, 0.25) is 0 Å². The number of aromatic nitrogens is 1. The summed E-state index contributed by atoms with van der Waals surface area (Å²) in [6, 6.07) is 0.0924. The molecular weight excluding hydrogens is 268 g/mol. The quantitative estimate of drug-likeness (QED) is 0.920. The van der Waals surface area contributed by atoms with E-state index < -0.39 is 9.84 Å². The van der Waals surface area contributed by atoms with Crippen molar-refractivity contribution in [2.24, 2.45) is 0 Å². The van der Waals surface area contributed by atoms with Crippen molar-refractivity contribution in [2.45, 2.75) is 45.2 Å². The van der Waals surface area contributed by atoms with Crippen molar-refractivity contribution >= 4 is 21.2 Å². The molecule has 0 amide bonds. The zero-order valence-corrected chi connectivity index (χ0v) is 12.7. The molecule has 0 aromatic carbocycles. The van der Waals surface area contributed by atoms with Gasteiger partial charge in [0.15, 0.2) is 9.84 Å². The zero-order chi connectivity index (χ0) is 13.4. The molecule has 4 nitrogen and oxygen atoms in total. The fourth-order valence-corrected chi connectivity index (χ4v) is 4.55. The second-order valence-corrected chi connectivity index (χ2v) is 8.96. The van der Waals surface area contributed by atoms with Gasteiger partial charge in [-0.05, 0) is 6.42 Å². The average Bonchev–Trinajstić information content (AvgIpc) is 2.80. The number of sulfone groups is 1. The molecule has 2 rings (SSSR count). The highest BCUT2D eigenvalue weighted by atomic mass is 32.2. The van der Waals surface area contributed by atoms with Gasteiger partial charge in [0, 0.05) is 23.4 Å². The van der Waals surface area contributed by atoms with Gasteiger partial charge in [0.1, 0.15) is 0 Å². The molecule has 6 heteroatoms. The summed E-state index contributed by atoms with van der Waals surface area (Å²) in [6.07, 6.45) is 0.721. The van der Waals surface area contributed by atoms with E-state index in [2.05, 4.69) is 36.5 Å². The topological polar surface area (TPSA) is 59.1 Å². The maximum atomic E-state index is 11.3. The predicted octanol–water partition coefficient (Wildman–Crippen LogP) is 1.72. The van der Waals surface area contributed by atoms with Crippen molar-refractivity contribution < 1.29 is 8.42 Å². The van der Waals surface area contributed by atoms with E-state index in [0.717, 1.165) is 17.1 Å². The average molecular weight is 288 g/mol. The van der Waals surface area contributed by atoms with Crippen LogP contribution in [0.25, 0.3) is 0 Å². The third-order valence-electron chi connectivity index (χ3n) is 3.00. The highest BCUT2D eigenvalue weighted by Gasteiger charge is 2.27. The Morgan fingerprint density at radius 3 is 2.72 bits per heavy atom. The zero-order valence-electron chi connectivity index (χ0n) is 11.1. The second-order valence-electron chi connectivity index (χ2n) is 5.87. The standard InChI is InChI=1S/C12H20N2O2S2/c1-12(2,3)11-14-10(7-17-11)6-13-9-4-5-18(15,16)8-9/h7,9,13H,4-6,8H2,1-3H3. The van der Waals surface area contributed by atoms with Gasteiger partial charge in [-0.1, -0.05) is 20.8 Å². The van der Waals surface area contributed by atoms with Gasteiger partial charge in [0.2, 0.25) is 0 Å². The van der Waals surface area contributed by atoms with Gasteiger partial charge in [-0.25, -0.2) is 13.4 Å². The van der Waals surface area contributed by atoms with Crippen molar-refractivity contribution in [1.29, 1.82) is 0 Å². The molecule has 1 aromatic heterocycles. The molecule has 0 radical (unpaired) electrons. The Labute approximate surface area is 113 Å². The van der Waals surface area contributed by atoms with E-state index in [1.807, 2.05) is 0 Å². The van der Waals surface area contributed by atoms with Gasteiger partial charge in [0.05, 0.1) is 22.2 Å². The van der Waals surface area contributed by atoms with Gasteiger partial charge in [-0.3, -0.25) is 0 Å². The van der Waals surface area contributed by atoms with Gasteiger partial charge >= 0.3 is 0 Å². The molecule has 18 heavy (non-hydrogen) atoms. The molecule has 0 bridgehead atoms. The Balaban J connectivity index is 1.90. The van der Waals surface area contributed by atoms with Gasteiger partial charge < -0.3 is 5.32 Å². The second kappa shape index (κ2) is 4.90. The van der Waals surface area contributed by atoms with Gasteiger partial charge in [-0.2, -0.15) is 0 Å². The first-order valence-corrected chi connectivity index (χ1v) is 8.85. The third kappa shape index (κ3) is 3.52. The third-order valence-corrected chi connectivity index (χ3v) is 6.08. The van der Waals surface area contributed by atoms with Crippen LogP contribution in [-0.4, -0.2) is 30.9 Å². The SMILES string of the molecule is CC(C)(C)c1nc(CNC2CCS(=O)(=O)C2)cs1. The number of rotatable bonds is 3. The van der Waals surface area contributed by atoms with E-state index in [-0.39, 0.29) is 17.2 Å². The van der Waals surface area contributed by atoms with Crippen molar-refractivity contribution in [3.63, 3.8) is 0 Å². The molecular formula is C12H20N2O2S2. The van der Waals surface area contributed by atoms with Crippen molar-refractivity contribution in [3.05, 3.63) is 16.1 Å². The van der Waals surface area contributed by atoms with Crippen molar-refractivity contribution in [2.75, 3.05) is 11.5 Å². The lowest BCUT2D eigenvalue weighted by molar-refractivity contribution is 0.543. The summed E-state index contributed by atoms with van der Waals surface area (Å²) in [5, 5.41) is 6.46. The summed E-state index contributed by atoms with van der Waals surface area (Å²) in [5.41, 5.74) is 1.09. The summed E-state index contributed by atoms with van der Waals surface area (Å²) < 4.78 is 22.7. The maximum absolute atomic E-state index is 11.3. The predicted molar refractivity (Wildman–Crippen MR) is 74.7 cm³/mol. The fraction of sp³-hybridized carbons (Fsp3) is 0.750. The molecule has 1 aliphatic heterocycles. The van der Waals surface area contributed by atoms with Crippen LogP contribution >= 0.6 is 11.3 Å². The molecule has 1 atom stereocenters. The summed E-state index contributed by atoms with van der Waals surface area (Å²) in [6.45, 7) is 7.10. The molecule has 1 aliphatic rings. The van der Waals surface area contributed by atoms with Crippen molar-refractivity contribution in [1.82, 2.24) is 10.3 Å². The molecule has 0 saturated carbocycles. The van der Waals surface area contributed by atoms with E-state index in [1.54, 1.807) is 11.3 Å². The number of thiazole rings is 1. The highest BCUT2D eigenvalue weighted by Crippen LogP contribution is 2.25. The lowest BCUT2D eigenvalue weighted by Gasteiger charge is -2.13. The van der Waals surface area contributed by atoms with Crippen LogP contribution in [-0.2, 0) is 21.8 Å². The van der Waals surface area contributed by atoms with E-state index in [4.69, 9.17) is 0 Å². The summed E-state index contributed by atoms with van der Waals surface area (Å²) >= 11 is 1.67. The first-order chi connectivity index (χ1) is 8.26. The largest absolute Gasteiger partial charge is 0.307 e. The molecule has 1 fully saturated rings. The van der Waals surface area contributed by atoms with Crippen LogP contribution in [0, 0.1) is 0 Å². The first-order valence-electron chi connectivity index (χ1n) is 6.15. The molecule has 0 spiro atoms. The Morgan fingerprint density at radius 2 is 2.22 bits per heavy atom. The van der Waals surface area contributed by atoms with Crippen LogP contribution in [0.3, 0.4) is 0 Å². The summed E-state index contributed by atoms with van der Waals surface area (Å²) in [4.78, 5) is 4.59. The molecule has 102 valence electrons. The Morgan fingerprint density at radius 1 is 1.50 bits per heavy atom. The molecule has 1 N–H and O–H groups in total. The highest BCUT2D eigenvalue weighted by molar-refractivity contribution is 7.91. The van der Waals surface area contributed by atoms with Crippen molar-refractivity contribution in [3.8, 4) is 0 Å². The minimum Gasteiger partial charge on any atom is -0.307 e. The van der Waals surface area contributed by atoms with E-state index in [9.17, 15) is 8.42 Å². The molecule has 1 unspecified atom stereocenters. The lowest BCUT2D eigenvalue weighted by atomic mass is 9.98. The van der Waals surface area contributed by atoms with Gasteiger partial charge in [0.25, 0.3) is 0 Å². The van der Waals surface area contributed by atoms with Crippen LogP contribution in [0.1, 0.15) is 37.9 Å². The monoisotopic (exact) mass is 288 g/mol. The number of hydrogen-bond acceptors (Lipinski definition) is 5. The van der Waals surface area contributed by atoms with Crippen LogP contribution < -0.4 is 5.32 Å². The number of hydrogen-bond donors (Lipinski definition) is 1. The number of nitrogens with zero attached hydrogens (tertiary/aromatic N) is 1. The Kier molecular flexibility index (Phi) is 3.80. The normalized spacial score (nSPS) is 23.4. The summed E-state index contributed by atoms with van der Waals surface area (Å²) in [7, 11) is -2.80.